The number of hydrogen-bond acceptors (Lipinski definition) is 2. The summed E-state index contributed by atoms with van der Waals surface area (Å²) in [6, 6.07) is 5.33. The molecule has 4 heteroatoms. The highest BCUT2D eigenvalue weighted by Crippen LogP contribution is 2.17. The molecule has 1 aromatic carbocycles. The summed E-state index contributed by atoms with van der Waals surface area (Å²) >= 11 is 0. The summed E-state index contributed by atoms with van der Waals surface area (Å²) in [5, 5.41) is 5.55. The van der Waals surface area contributed by atoms with Crippen molar-refractivity contribution in [3.05, 3.63) is 29.3 Å². The third kappa shape index (κ3) is 4.39. The number of rotatable bonds is 4. The molecule has 0 spiro atoms. The topological polar surface area (TPSA) is 58.2 Å². The van der Waals surface area contributed by atoms with E-state index in [4.69, 9.17) is 0 Å². The van der Waals surface area contributed by atoms with Crippen LogP contribution in [0, 0.1) is 19.8 Å². The summed E-state index contributed by atoms with van der Waals surface area (Å²) in [4.78, 5) is 23.3. The molecule has 0 unspecified atom stereocenters. The van der Waals surface area contributed by atoms with Gasteiger partial charge in [0.1, 0.15) is 6.04 Å². The van der Waals surface area contributed by atoms with Crippen molar-refractivity contribution in [1.82, 2.24) is 5.32 Å². The molecule has 2 N–H and O–H groups in total. The largest absolute Gasteiger partial charge is 0.344 e. The molecule has 2 amide bonds. The molecule has 0 heterocycles. The van der Waals surface area contributed by atoms with E-state index in [9.17, 15) is 9.59 Å². The Morgan fingerprint density at radius 3 is 2.26 bits per heavy atom. The Bertz CT molecular complexity index is 481. The van der Waals surface area contributed by atoms with E-state index in [-0.39, 0.29) is 17.7 Å². The molecular weight excluding hydrogens is 240 g/mol. The van der Waals surface area contributed by atoms with Crippen LogP contribution in [0.4, 0.5) is 5.69 Å². The zero-order chi connectivity index (χ0) is 14.6. The van der Waals surface area contributed by atoms with E-state index in [1.165, 1.54) is 6.92 Å². The Balaban J connectivity index is 2.84. The maximum absolute atomic E-state index is 12.2. The molecule has 0 fully saturated rings. The van der Waals surface area contributed by atoms with Crippen LogP contribution in [0.2, 0.25) is 0 Å². The van der Waals surface area contributed by atoms with Gasteiger partial charge in [0, 0.05) is 12.6 Å². The fourth-order valence-corrected chi connectivity index (χ4v) is 1.92. The monoisotopic (exact) mass is 262 g/mol. The lowest BCUT2D eigenvalue weighted by molar-refractivity contribution is -0.126. The molecule has 0 aliphatic rings. The first kappa shape index (κ1) is 15.2. The van der Waals surface area contributed by atoms with Crippen LogP contribution in [-0.4, -0.2) is 17.9 Å². The number of benzene rings is 1. The highest BCUT2D eigenvalue weighted by atomic mass is 16.2. The molecule has 1 aromatic rings. The highest BCUT2D eigenvalue weighted by Gasteiger charge is 2.23. The van der Waals surface area contributed by atoms with E-state index < -0.39 is 6.04 Å². The van der Waals surface area contributed by atoms with E-state index in [0.717, 1.165) is 16.8 Å². The van der Waals surface area contributed by atoms with E-state index in [1.807, 2.05) is 45.9 Å². The quantitative estimate of drug-likeness (QED) is 0.875. The predicted octanol–water partition coefficient (Wildman–Crippen LogP) is 2.40. The van der Waals surface area contributed by atoms with Crippen molar-refractivity contribution in [3.63, 3.8) is 0 Å². The lowest BCUT2D eigenvalue weighted by Gasteiger charge is -2.21. The van der Waals surface area contributed by atoms with Crippen LogP contribution >= 0.6 is 0 Å². The smallest absolute Gasteiger partial charge is 0.247 e. The molecule has 19 heavy (non-hydrogen) atoms. The molecule has 0 aromatic heterocycles. The minimum Gasteiger partial charge on any atom is -0.344 e. The molecule has 104 valence electrons. The van der Waals surface area contributed by atoms with Crippen LogP contribution in [-0.2, 0) is 9.59 Å². The summed E-state index contributed by atoms with van der Waals surface area (Å²) < 4.78 is 0. The Labute approximate surface area is 114 Å². The molecule has 1 rings (SSSR count). The molecule has 0 saturated carbocycles. The van der Waals surface area contributed by atoms with Gasteiger partial charge in [0.2, 0.25) is 11.8 Å². The van der Waals surface area contributed by atoms with Crippen LogP contribution in [0.15, 0.2) is 18.2 Å². The lowest BCUT2D eigenvalue weighted by atomic mass is 10.0. The second-order valence-electron chi connectivity index (χ2n) is 5.23. The lowest BCUT2D eigenvalue weighted by Crippen LogP contribution is -2.46. The third-order valence-corrected chi connectivity index (χ3v) is 2.95. The van der Waals surface area contributed by atoms with Crippen molar-refractivity contribution in [2.45, 2.75) is 40.7 Å². The van der Waals surface area contributed by atoms with Gasteiger partial charge in [-0.1, -0.05) is 31.5 Å². The van der Waals surface area contributed by atoms with E-state index >= 15 is 0 Å². The van der Waals surface area contributed by atoms with Crippen LogP contribution < -0.4 is 10.6 Å². The third-order valence-electron chi connectivity index (χ3n) is 2.95. The average Bonchev–Trinajstić information content (AvgIpc) is 2.29. The van der Waals surface area contributed by atoms with Gasteiger partial charge in [-0.2, -0.15) is 0 Å². The van der Waals surface area contributed by atoms with Crippen LogP contribution in [0.3, 0.4) is 0 Å². The first-order chi connectivity index (χ1) is 8.81. The molecule has 0 radical (unpaired) electrons. The maximum Gasteiger partial charge on any atom is 0.247 e. The average molecular weight is 262 g/mol. The number of aryl methyl sites for hydroxylation is 2. The van der Waals surface area contributed by atoms with Crippen LogP contribution in [0.25, 0.3) is 0 Å². The van der Waals surface area contributed by atoms with Gasteiger partial charge in [-0.15, -0.1) is 0 Å². The van der Waals surface area contributed by atoms with Gasteiger partial charge in [-0.25, -0.2) is 0 Å². The Morgan fingerprint density at radius 1 is 1.16 bits per heavy atom. The minimum absolute atomic E-state index is 0.0367. The van der Waals surface area contributed by atoms with Gasteiger partial charge < -0.3 is 10.6 Å². The molecule has 0 bridgehead atoms. The fraction of sp³-hybridized carbons (Fsp3) is 0.467. The van der Waals surface area contributed by atoms with Gasteiger partial charge in [-0.3, -0.25) is 9.59 Å². The second-order valence-corrected chi connectivity index (χ2v) is 5.23. The van der Waals surface area contributed by atoms with E-state index in [0.29, 0.717) is 0 Å². The molecular formula is C15H22N2O2. The molecule has 4 nitrogen and oxygen atoms in total. The zero-order valence-electron chi connectivity index (χ0n) is 12.2. The van der Waals surface area contributed by atoms with Gasteiger partial charge in [-0.05, 0) is 31.4 Å². The fourth-order valence-electron chi connectivity index (χ4n) is 1.92. The van der Waals surface area contributed by atoms with Crippen molar-refractivity contribution in [2.24, 2.45) is 5.92 Å². The Kier molecular flexibility index (Phi) is 5.10. The van der Waals surface area contributed by atoms with Crippen molar-refractivity contribution in [2.75, 3.05) is 5.32 Å². The predicted molar refractivity (Wildman–Crippen MR) is 77.0 cm³/mol. The molecule has 1 atom stereocenters. The summed E-state index contributed by atoms with van der Waals surface area (Å²) in [5.74, 6) is -0.346. The van der Waals surface area contributed by atoms with Crippen LogP contribution in [0.1, 0.15) is 31.9 Å². The van der Waals surface area contributed by atoms with Gasteiger partial charge in [0.05, 0.1) is 0 Å². The number of carbonyl (C=O) groups is 2. The molecule has 0 aliphatic heterocycles. The van der Waals surface area contributed by atoms with Crippen molar-refractivity contribution >= 4 is 17.5 Å². The molecule has 0 saturated heterocycles. The molecule has 0 aliphatic carbocycles. The van der Waals surface area contributed by atoms with Gasteiger partial charge in [0.15, 0.2) is 0 Å². The number of nitrogens with one attached hydrogen (secondary N) is 2. The Morgan fingerprint density at radius 2 is 1.79 bits per heavy atom. The number of amides is 2. The first-order valence-electron chi connectivity index (χ1n) is 6.46. The zero-order valence-corrected chi connectivity index (χ0v) is 12.2. The summed E-state index contributed by atoms with van der Waals surface area (Å²) in [5.41, 5.74) is 2.95. The van der Waals surface area contributed by atoms with Crippen molar-refractivity contribution < 1.29 is 9.59 Å². The number of anilines is 1. The number of carbonyl (C=O) groups excluding carboxylic acids is 2. The van der Waals surface area contributed by atoms with Crippen molar-refractivity contribution in [1.29, 1.82) is 0 Å². The second kappa shape index (κ2) is 6.36. The van der Waals surface area contributed by atoms with E-state index in [1.54, 1.807) is 0 Å². The SMILES string of the molecule is CC(=O)N[C@H](C(=O)Nc1ccc(C)cc1C)C(C)C. The summed E-state index contributed by atoms with van der Waals surface area (Å²) in [6.45, 7) is 9.18. The normalized spacial score (nSPS) is 12.1. The van der Waals surface area contributed by atoms with Crippen molar-refractivity contribution in [3.8, 4) is 0 Å². The highest BCUT2D eigenvalue weighted by molar-refractivity contribution is 5.97. The summed E-state index contributed by atoms with van der Waals surface area (Å²) in [6.07, 6.45) is 0. The van der Waals surface area contributed by atoms with E-state index in [2.05, 4.69) is 10.6 Å². The number of hydrogen-bond donors (Lipinski definition) is 2. The standard InChI is InChI=1S/C15H22N2O2/c1-9(2)14(16-12(5)18)15(19)17-13-7-6-10(3)8-11(13)4/h6-9,14H,1-5H3,(H,16,18)(H,17,19)/t14-/m0/s1. The first-order valence-corrected chi connectivity index (χ1v) is 6.46. The minimum atomic E-state index is -0.516. The maximum atomic E-state index is 12.2. The Hall–Kier alpha value is -1.84. The van der Waals surface area contributed by atoms with Gasteiger partial charge >= 0.3 is 0 Å². The van der Waals surface area contributed by atoms with Gasteiger partial charge in [0.25, 0.3) is 0 Å². The summed E-state index contributed by atoms with van der Waals surface area (Å²) in [7, 11) is 0. The van der Waals surface area contributed by atoms with Crippen LogP contribution in [0.5, 0.6) is 0 Å².